The quantitative estimate of drug-likeness (QED) is 0.784. The molecule has 4 nitrogen and oxygen atoms in total. The molecule has 5 heteroatoms. The van der Waals surface area contributed by atoms with E-state index >= 15 is 0 Å². The van der Waals surface area contributed by atoms with Crippen molar-refractivity contribution < 1.29 is 9.53 Å². The minimum atomic E-state index is -0.315. The van der Waals surface area contributed by atoms with Crippen molar-refractivity contribution in [2.24, 2.45) is 0 Å². The lowest BCUT2D eigenvalue weighted by atomic mass is 10.0. The zero-order chi connectivity index (χ0) is 14.0. The molecule has 1 amide bonds. The van der Waals surface area contributed by atoms with Crippen molar-refractivity contribution in [2.45, 2.75) is 32.5 Å². The number of amides is 1. The number of rotatable bonds is 2. The topological polar surface area (TPSA) is 42.4 Å². The third-order valence-electron chi connectivity index (χ3n) is 3.10. The Kier molecular flexibility index (Phi) is 4.26. The Hall–Kier alpha value is -0.940. The average Bonchev–Trinajstić information content (AvgIpc) is 2.37. The van der Waals surface area contributed by atoms with Crippen LogP contribution in [0.1, 0.15) is 29.9 Å². The minimum Gasteiger partial charge on any atom is -0.368 e. The van der Waals surface area contributed by atoms with Crippen LogP contribution in [-0.4, -0.2) is 45.9 Å². The molecule has 2 rings (SSSR count). The second-order valence-corrected chi connectivity index (χ2v) is 6.18. The van der Waals surface area contributed by atoms with E-state index in [1.165, 1.54) is 0 Å². The lowest BCUT2D eigenvalue weighted by Crippen LogP contribution is -2.55. The minimum absolute atomic E-state index is 0.0230. The summed E-state index contributed by atoms with van der Waals surface area (Å²) in [6.07, 6.45) is 1.68. The Bertz CT molecular complexity index is 459. The highest BCUT2D eigenvalue weighted by Gasteiger charge is 2.35. The fraction of sp³-hybridized carbons (Fsp3) is 0.571. The molecule has 0 radical (unpaired) electrons. The molecule has 1 aromatic heterocycles. The predicted octanol–water partition coefficient (Wildman–Crippen LogP) is 2.40. The highest BCUT2D eigenvalue weighted by molar-refractivity contribution is 9.09. The third kappa shape index (κ3) is 3.54. The van der Waals surface area contributed by atoms with Crippen LogP contribution < -0.4 is 0 Å². The van der Waals surface area contributed by atoms with Crippen molar-refractivity contribution in [1.29, 1.82) is 0 Å². The molecule has 0 N–H and O–H groups in total. The average molecular weight is 327 g/mol. The first-order valence-corrected chi connectivity index (χ1v) is 7.49. The number of nitrogens with zero attached hydrogens (tertiary/aromatic N) is 2. The predicted molar refractivity (Wildman–Crippen MR) is 77.6 cm³/mol. The van der Waals surface area contributed by atoms with Gasteiger partial charge in [-0.2, -0.15) is 0 Å². The van der Waals surface area contributed by atoms with Gasteiger partial charge in [-0.1, -0.05) is 15.9 Å². The van der Waals surface area contributed by atoms with E-state index in [1.807, 2.05) is 37.8 Å². The van der Waals surface area contributed by atoms with Gasteiger partial charge in [-0.05, 0) is 32.9 Å². The lowest BCUT2D eigenvalue weighted by Gasteiger charge is -2.42. The standard InChI is InChI=1S/C14H19BrN2O2/c1-10-4-5-11(7-16-10)13(18)17-8-12(6-15)19-14(2,3)9-17/h4-5,7,12H,6,8-9H2,1-3H3. The highest BCUT2D eigenvalue weighted by Crippen LogP contribution is 2.23. The normalized spacial score (nSPS) is 22.3. The van der Waals surface area contributed by atoms with Gasteiger partial charge in [0.15, 0.2) is 0 Å². The molecule has 0 bridgehead atoms. The first kappa shape index (κ1) is 14.5. The summed E-state index contributed by atoms with van der Waals surface area (Å²) in [5.74, 6) is 0.0230. The number of carbonyl (C=O) groups is 1. The van der Waals surface area contributed by atoms with Crippen LogP contribution in [0.15, 0.2) is 18.3 Å². The molecule has 0 spiro atoms. The van der Waals surface area contributed by atoms with E-state index in [1.54, 1.807) is 6.20 Å². The molecular formula is C14H19BrN2O2. The van der Waals surface area contributed by atoms with Gasteiger partial charge in [0.1, 0.15) is 0 Å². The van der Waals surface area contributed by atoms with Gasteiger partial charge in [0.2, 0.25) is 0 Å². The number of aromatic nitrogens is 1. The maximum absolute atomic E-state index is 12.5. The summed E-state index contributed by atoms with van der Waals surface area (Å²) in [5.41, 5.74) is 1.23. The number of halogens is 1. The fourth-order valence-electron chi connectivity index (χ4n) is 2.31. The largest absolute Gasteiger partial charge is 0.368 e. The summed E-state index contributed by atoms with van der Waals surface area (Å²) in [6.45, 7) is 7.14. The van der Waals surface area contributed by atoms with Gasteiger partial charge in [0, 0.05) is 30.3 Å². The van der Waals surface area contributed by atoms with E-state index in [9.17, 15) is 4.79 Å². The van der Waals surface area contributed by atoms with Gasteiger partial charge < -0.3 is 9.64 Å². The Balaban J connectivity index is 2.16. The van der Waals surface area contributed by atoms with E-state index in [2.05, 4.69) is 20.9 Å². The lowest BCUT2D eigenvalue weighted by molar-refractivity contribution is -0.116. The Morgan fingerprint density at radius 3 is 2.89 bits per heavy atom. The van der Waals surface area contributed by atoms with Gasteiger partial charge in [-0.25, -0.2) is 0 Å². The van der Waals surface area contributed by atoms with Gasteiger partial charge in [0.25, 0.3) is 5.91 Å². The summed E-state index contributed by atoms with van der Waals surface area (Å²) in [6, 6.07) is 3.69. The molecule has 1 fully saturated rings. The molecule has 1 unspecified atom stereocenters. The van der Waals surface area contributed by atoms with E-state index < -0.39 is 0 Å². The van der Waals surface area contributed by atoms with Crippen molar-refractivity contribution in [1.82, 2.24) is 9.88 Å². The van der Waals surface area contributed by atoms with Crippen LogP contribution in [0.3, 0.4) is 0 Å². The van der Waals surface area contributed by atoms with Crippen molar-refractivity contribution >= 4 is 21.8 Å². The summed E-state index contributed by atoms with van der Waals surface area (Å²) >= 11 is 3.43. The summed E-state index contributed by atoms with van der Waals surface area (Å²) in [7, 11) is 0. The Morgan fingerprint density at radius 1 is 1.58 bits per heavy atom. The SMILES string of the molecule is Cc1ccc(C(=O)N2CC(CBr)OC(C)(C)C2)cn1. The Morgan fingerprint density at radius 2 is 2.32 bits per heavy atom. The van der Waals surface area contributed by atoms with Crippen LogP contribution in [-0.2, 0) is 4.74 Å². The number of hydrogen-bond donors (Lipinski definition) is 0. The first-order valence-electron chi connectivity index (χ1n) is 6.37. The zero-order valence-corrected chi connectivity index (χ0v) is 13.1. The smallest absolute Gasteiger partial charge is 0.255 e. The van der Waals surface area contributed by atoms with Crippen LogP contribution in [0.5, 0.6) is 0 Å². The van der Waals surface area contributed by atoms with Crippen LogP contribution in [0.4, 0.5) is 0 Å². The number of aryl methyl sites for hydroxylation is 1. The second-order valence-electron chi connectivity index (χ2n) is 5.53. The van der Waals surface area contributed by atoms with Crippen molar-refractivity contribution in [3.05, 3.63) is 29.6 Å². The molecule has 19 heavy (non-hydrogen) atoms. The highest BCUT2D eigenvalue weighted by atomic mass is 79.9. The zero-order valence-electron chi connectivity index (χ0n) is 11.5. The van der Waals surface area contributed by atoms with Gasteiger partial charge in [-0.15, -0.1) is 0 Å². The van der Waals surface area contributed by atoms with E-state index in [4.69, 9.17) is 4.74 Å². The van der Waals surface area contributed by atoms with Gasteiger partial charge in [-0.3, -0.25) is 9.78 Å². The number of ether oxygens (including phenoxy) is 1. The maximum Gasteiger partial charge on any atom is 0.255 e. The monoisotopic (exact) mass is 326 g/mol. The number of alkyl halides is 1. The summed E-state index contributed by atoms with van der Waals surface area (Å²) < 4.78 is 5.90. The molecule has 1 saturated heterocycles. The van der Waals surface area contributed by atoms with Crippen molar-refractivity contribution in [2.75, 3.05) is 18.4 Å². The first-order chi connectivity index (χ1) is 8.91. The summed E-state index contributed by atoms with van der Waals surface area (Å²) in [5, 5.41) is 0.729. The number of morpholine rings is 1. The molecule has 1 aromatic rings. The van der Waals surface area contributed by atoms with Gasteiger partial charge in [0.05, 0.1) is 17.3 Å². The molecule has 0 aromatic carbocycles. The molecule has 2 heterocycles. The molecular weight excluding hydrogens is 308 g/mol. The van der Waals surface area contributed by atoms with E-state index in [-0.39, 0.29) is 17.6 Å². The van der Waals surface area contributed by atoms with Crippen molar-refractivity contribution in [3.63, 3.8) is 0 Å². The molecule has 1 atom stereocenters. The van der Waals surface area contributed by atoms with E-state index in [0.29, 0.717) is 18.7 Å². The van der Waals surface area contributed by atoms with Crippen LogP contribution in [0.25, 0.3) is 0 Å². The molecule has 1 aliphatic rings. The van der Waals surface area contributed by atoms with Gasteiger partial charge >= 0.3 is 0 Å². The molecule has 0 saturated carbocycles. The third-order valence-corrected chi connectivity index (χ3v) is 3.82. The van der Waals surface area contributed by atoms with E-state index in [0.717, 1.165) is 11.0 Å². The molecule has 1 aliphatic heterocycles. The number of hydrogen-bond acceptors (Lipinski definition) is 3. The fourth-order valence-corrected chi connectivity index (χ4v) is 2.64. The molecule has 0 aliphatic carbocycles. The van der Waals surface area contributed by atoms with Crippen LogP contribution in [0.2, 0.25) is 0 Å². The summed E-state index contributed by atoms with van der Waals surface area (Å²) in [4.78, 5) is 18.5. The van der Waals surface area contributed by atoms with Crippen LogP contribution in [0, 0.1) is 6.92 Å². The Labute approximate surface area is 122 Å². The van der Waals surface area contributed by atoms with Crippen LogP contribution >= 0.6 is 15.9 Å². The number of pyridine rings is 1. The number of carbonyl (C=O) groups excluding carboxylic acids is 1. The van der Waals surface area contributed by atoms with Crippen molar-refractivity contribution in [3.8, 4) is 0 Å². The maximum atomic E-state index is 12.5. The molecule has 104 valence electrons. The second kappa shape index (κ2) is 5.59.